The van der Waals surface area contributed by atoms with Crippen LogP contribution < -0.4 is 0 Å². The van der Waals surface area contributed by atoms with E-state index in [-0.39, 0.29) is 6.04 Å². The van der Waals surface area contributed by atoms with Crippen molar-refractivity contribution in [1.29, 1.82) is 0 Å². The van der Waals surface area contributed by atoms with E-state index >= 15 is 0 Å². The van der Waals surface area contributed by atoms with E-state index in [1.54, 1.807) is 6.20 Å². The summed E-state index contributed by atoms with van der Waals surface area (Å²) in [7, 11) is 0. The maximum atomic E-state index is 13.0. The molecule has 2 rings (SSSR count). The van der Waals surface area contributed by atoms with Gasteiger partial charge in [0.2, 0.25) is 0 Å². The van der Waals surface area contributed by atoms with Crippen molar-refractivity contribution in [2.24, 2.45) is 0 Å². The summed E-state index contributed by atoms with van der Waals surface area (Å²) in [5.74, 6) is 0. The highest BCUT2D eigenvalue weighted by Crippen LogP contribution is 2.32. The third kappa shape index (κ3) is 3.49. The summed E-state index contributed by atoms with van der Waals surface area (Å²) in [4.78, 5) is 2.08. The third-order valence-corrected chi connectivity index (χ3v) is 3.45. The lowest BCUT2D eigenvalue weighted by Crippen LogP contribution is -2.29. The molecule has 0 aliphatic carbocycles. The molecular weight excluding hydrogens is 255 g/mol. The zero-order valence-electron chi connectivity index (χ0n) is 11.4. The van der Waals surface area contributed by atoms with E-state index < -0.39 is 11.9 Å². The topological polar surface area (TPSA) is 21.1 Å². The Hall–Kier alpha value is -1.04. The molecule has 0 atom stereocenters. The third-order valence-electron chi connectivity index (χ3n) is 3.45. The zero-order valence-corrected chi connectivity index (χ0v) is 11.4. The molecule has 0 unspecified atom stereocenters. The van der Waals surface area contributed by atoms with Crippen molar-refractivity contribution >= 4 is 0 Å². The van der Waals surface area contributed by atoms with Gasteiger partial charge in [-0.1, -0.05) is 6.42 Å². The van der Waals surface area contributed by atoms with Crippen LogP contribution in [0.3, 0.4) is 0 Å². The monoisotopic (exact) mass is 275 g/mol. The second-order valence-corrected chi connectivity index (χ2v) is 5.41. The number of aromatic nitrogens is 2. The molecule has 0 saturated carbocycles. The van der Waals surface area contributed by atoms with Crippen molar-refractivity contribution in [2.75, 3.05) is 13.1 Å². The van der Waals surface area contributed by atoms with Crippen LogP contribution in [0.4, 0.5) is 13.2 Å². The van der Waals surface area contributed by atoms with Crippen LogP contribution in [-0.4, -0.2) is 27.8 Å². The number of hydrogen-bond donors (Lipinski definition) is 0. The van der Waals surface area contributed by atoms with Gasteiger partial charge in [-0.25, -0.2) is 0 Å². The Morgan fingerprint density at radius 3 is 2.37 bits per heavy atom. The van der Waals surface area contributed by atoms with E-state index in [9.17, 15) is 13.2 Å². The number of likely N-dealkylation sites (tertiary alicyclic amines) is 1. The van der Waals surface area contributed by atoms with E-state index in [1.165, 1.54) is 11.1 Å². The minimum Gasteiger partial charge on any atom is -0.299 e. The highest BCUT2D eigenvalue weighted by atomic mass is 19.4. The second-order valence-electron chi connectivity index (χ2n) is 5.41. The molecular formula is C13H20F3N3. The first-order valence-electron chi connectivity index (χ1n) is 6.75. The summed E-state index contributed by atoms with van der Waals surface area (Å²) in [6, 6.07) is -0.0591. The van der Waals surface area contributed by atoms with E-state index in [2.05, 4.69) is 10.00 Å². The van der Waals surface area contributed by atoms with Gasteiger partial charge in [0.25, 0.3) is 0 Å². The van der Waals surface area contributed by atoms with Crippen molar-refractivity contribution in [3.63, 3.8) is 0 Å². The molecule has 1 aliphatic rings. The van der Waals surface area contributed by atoms with Crippen LogP contribution >= 0.6 is 0 Å². The summed E-state index contributed by atoms with van der Waals surface area (Å²) in [5, 5.41) is 3.71. The molecule has 6 heteroatoms. The Labute approximate surface area is 111 Å². The number of rotatable bonds is 3. The highest BCUT2D eigenvalue weighted by molar-refractivity contribution is 5.20. The normalized spacial score (nSPS) is 18.2. The van der Waals surface area contributed by atoms with E-state index in [0.29, 0.717) is 12.1 Å². The molecule has 1 aliphatic heterocycles. The van der Waals surface area contributed by atoms with Crippen LogP contribution in [0.1, 0.15) is 50.4 Å². The average Bonchev–Trinajstić information content (AvgIpc) is 2.74. The maximum absolute atomic E-state index is 13.0. The highest BCUT2D eigenvalue weighted by Gasteiger charge is 2.37. The molecule has 108 valence electrons. The number of halogens is 3. The van der Waals surface area contributed by atoms with Crippen LogP contribution in [0.2, 0.25) is 0 Å². The molecule has 3 nitrogen and oxygen atoms in total. The molecule has 0 N–H and O–H groups in total. The molecule has 1 aromatic heterocycles. The van der Waals surface area contributed by atoms with Crippen LogP contribution in [-0.2, 0) is 12.7 Å². The molecule has 19 heavy (non-hydrogen) atoms. The van der Waals surface area contributed by atoms with Gasteiger partial charge in [0.15, 0.2) is 5.69 Å². The summed E-state index contributed by atoms with van der Waals surface area (Å²) in [6.45, 7) is 5.77. The first kappa shape index (κ1) is 14.4. The summed E-state index contributed by atoms with van der Waals surface area (Å²) in [6.07, 6.45) is 0.487. The lowest BCUT2D eigenvalue weighted by Gasteiger charge is -2.26. The number of nitrogens with zero attached hydrogens (tertiary/aromatic N) is 3. The van der Waals surface area contributed by atoms with Gasteiger partial charge in [0.1, 0.15) is 0 Å². The van der Waals surface area contributed by atoms with Gasteiger partial charge in [0, 0.05) is 24.3 Å². The Morgan fingerprint density at radius 2 is 1.84 bits per heavy atom. The molecule has 1 aromatic rings. The largest absolute Gasteiger partial charge is 0.435 e. The van der Waals surface area contributed by atoms with Crippen molar-refractivity contribution in [2.45, 2.75) is 51.9 Å². The summed E-state index contributed by atoms with van der Waals surface area (Å²) in [5.41, 5.74) is -0.435. The Bertz CT molecular complexity index is 417. The standard InChI is InChI=1S/C13H20F3N3/c1-10(2)19-9-11(12(17-19)13(14,15)16)8-18-6-4-3-5-7-18/h9-10H,3-8H2,1-2H3. The van der Waals surface area contributed by atoms with Crippen LogP contribution in [0.15, 0.2) is 6.20 Å². The fraction of sp³-hybridized carbons (Fsp3) is 0.769. The van der Waals surface area contributed by atoms with Gasteiger partial charge in [-0.3, -0.25) is 9.58 Å². The SMILES string of the molecule is CC(C)n1cc(CN2CCCCC2)c(C(F)(F)F)n1. The Kier molecular flexibility index (Phi) is 4.18. The first-order valence-corrected chi connectivity index (χ1v) is 6.75. The van der Waals surface area contributed by atoms with E-state index in [4.69, 9.17) is 0 Å². The Morgan fingerprint density at radius 1 is 1.21 bits per heavy atom. The predicted molar refractivity (Wildman–Crippen MR) is 66.7 cm³/mol. The van der Waals surface area contributed by atoms with Crippen LogP contribution in [0.25, 0.3) is 0 Å². The lowest BCUT2D eigenvalue weighted by molar-refractivity contribution is -0.142. The fourth-order valence-electron chi connectivity index (χ4n) is 2.41. The molecule has 0 amide bonds. The quantitative estimate of drug-likeness (QED) is 0.842. The van der Waals surface area contributed by atoms with Crippen LogP contribution in [0, 0.1) is 0 Å². The van der Waals surface area contributed by atoms with Crippen molar-refractivity contribution in [3.05, 3.63) is 17.5 Å². The van der Waals surface area contributed by atoms with E-state index in [0.717, 1.165) is 25.9 Å². The molecule has 0 bridgehead atoms. The maximum Gasteiger partial charge on any atom is 0.435 e. The van der Waals surface area contributed by atoms with Gasteiger partial charge in [-0.15, -0.1) is 0 Å². The second kappa shape index (κ2) is 5.53. The molecule has 2 heterocycles. The smallest absolute Gasteiger partial charge is 0.299 e. The zero-order chi connectivity index (χ0) is 14.0. The van der Waals surface area contributed by atoms with Gasteiger partial charge in [-0.05, 0) is 39.8 Å². The van der Waals surface area contributed by atoms with Gasteiger partial charge in [-0.2, -0.15) is 18.3 Å². The lowest BCUT2D eigenvalue weighted by atomic mass is 10.1. The van der Waals surface area contributed by atoms with E-state index in [1.807, 2.05) is 13.8 Å². The first-order chi connectivity index (χ1) is 8.88. The fourth-order valence-corrected chi connectivity index (χ4v) is 2.41. The molecule has 0 aromatic carbocycles. The van der Waals surface area contributed by atoms with Crippen molar-refractivity contribution < 1.29 is 13.2 Å². The van der Waals surface area contributed by atoms with Gasteiger partial charge < -0.3 is 0 Å². The minimum absolute atomic E-state index is 0.0591. The number of piperidine rings is 1. The van der Waals surface area contributed by atoms with Gasteiger partial charge >= 0.3 is 6.18 Å². The van der Waals surface area contributed by atoms with Gasteiger partial charge in [0.05, 0.1) is 0 Å². The number of hydrogen-bond acceptors (Lipinski definition) is 2. The molecule has 0 spiro atoms. The Balaban J connectivity index is 2.21. The molecule has 1 saturated heterocycles. The van der Waals surface area contributed by atoms with Crippen LogP contribution in [0.5, 0.6) is 0 Å². The summed E-state index contributed by atoms with van der Waals surface area (Å²) < 4.78 is 40.4. The van der Waals surface area contributed by atoms with Crippen molar-refractivity contribution in [3.8, 4) is 0 Å². The van der Waals surface area contributed by atoms with Crippen molar-refractivity contribution in [1.82, 2.24) is 14.7 Å². The predicted octanol–water partition coefficient (Wildman–Crippen LogP) is 3.47. The average molecular weight is 275 g/mol. The number of alkyl halides is 3. The summed E-state index contributed by atoms with van der Waals surface area (Å²) >= 11 is 0. The minimum atomic E-state index is -4.37. The molecule has 1 fully saturated rings. The molecule has 0 radical (unpaired) electrons.